The first-order chi connectivity index (χ1) is 23.8. The number of rotatable bonds is 5. The molecule has 0 fully saturated rings. The minimum atomic E-state index is 0.229. The predicted molar refractivity (Wildman–Crippen MR) is 196 cm³/mol. The van der Waals surface area contributed by atoms with Gasteiger partial charge in [0.2, 0.25) is 0 Å². The van der Waals surface area contributed by atoms with Gasteiger partial charge in [0.15, 0.2) is 17.5 Å². The van der Waals surface area contributed by atoms with Crippen LogP contribution < -0.4 is 0 Å². The highest BCUT2D eigenvalue weighted by Gasteiger charge is 2.31. The Morgan fingerprint density at radius 3 is 1.71 bits per heavy atom. The molecule has 0 spiro atoms. The third kappa shape index (κ3) is 5.04. The summed E-state index contributed by atoms with van der Waals surface area (Å²) in [5, 5.41) is 2.31. The number of aliphatic imine (C=N–C) groups is 1. The largest absolute Gasteiger partial charge is 0.252 e. The monoisotopic (exact) mass is 614 g/mol. The third-order valence-electron chi connectivity index (χ3n) is 9.32. The van der Waals surface area contributed by atoms with Crippen molar-refractivity contribution >= 4 is 22.2 Å². The second-order valence-corrected chi connectivity index (χ2v) is 12.2. The first-order valence-electron chi connectivity index (χ1n) is 16.3. The van der Waals surface area contributed by atoms with E-state index in [1.165, 1.54) is 22.1 Å². The summed E-state index contributed by atoms with van der Waals surface area (Å²) in [7, 11) is 0. The lowest BCUT2D eigenvalue weighted by atomic mass is 9.76. The number of hydrogen-bond acceptors (Lipinski definition) is 4. The number of nitrogens with zero attached hydrogens (tertiary/aromatic N) is 4. The SMILES string of the molecule is C1=CC2C(c3ccc(-c4cccc5cc(-c6nc(-c7ccccc7)nc(-c7ccccc7)n6)ccc45)cc3)=Nc3ccccc3C2C=C1. The van der Waals surface area contributed by atoms with E-state index in [4.69, 9.17) is 19.9 Å². The summed E-state index contributed by atoms with van der Waals surface area (Å²) in [6.45, 7) is 0. The summed E-state index contributed by atoms with van der Waals surface area (Å²) in [5.74, 6) is 2.50. The second kappa shape index (κ2) is 11.8. The molecule has 0 N–H and O–H groups in total. The molecule has 7 aromatic rings. The van der Waals surface area contributed by atoms with E-state index in [9.17, 15) is 0 Å². The van der Waals surface area contributed by atoms with E-state index in [2.05, 4.69) is 109 Å². The second-order valence-electron chi connectivity index (χ2n) is 12.2. The minimum Gasteiger partial charge on any atom is -0.252 e. The Hall–Kier alpha value is -6.26. The van der Waals surface area contributed by atoms with Crippen LogP contribution in [0.15, 0.2) is 175 Å². The molecule has 0 bridgehead atoms. The van der Waals surface area contributed by atoms with Gasteiger partial charge in [-0.15, -0.1) is 0 Å². The van der Waals surface area contributed by atoms with Crippen molar-refractivity contribution in [1.29, 1.82) is 0 Å². The van der Waals surface area contributed by atoms with Crippen LogP contribution in [0.3, 0.4) is 0 Å². The van der Waals surface area contributed by atoms with Crippen LogP contribution in [0.4, 0.5) is 5.69 Å². The molecule has 1 aliphatic carbocycles. The Bertz CT molecular complexity index is 2330. The van der Waals surface area contributed by atoms with Gasteiger partial charge in [-0.25, -0.2) is 15.0 Å². The van der Waals surface area contributed by atoms with Gasteiger partial charge in [0.25, 0.3) is 0 Å². The molecule has 4 heteroatoms. The molecule has 9 rings (SSSR count). The van der Waals surface area contributed by atoms with Gasteiger partial charge < -0.3 is 0 Å². The lowest BCUT2D eigenvalue weighted by Gasteiger charge is -2.31. The standard InChI is InChI=1S/C44H30N4/c1-3-12-31(13-4-1)42-46-43(32-14-5-2-6-15-32)48-44(47-42)34-26-27-36-33(28-34)16-11-20-35(36)29-22-24-30(25-23-29)41-39-19-8-7-17-37(39)38-18-9-10-21-40(38)45-41/h1-28,37,39H. The van der Waals surface area contributed by atoms with Crippen molar-refractivity contribution in [3.8, 4) is 45.3 Å². The summed E-state index contributed by atoms with van der Waals surface area (Å²) in [6.07, 6.45) is 8.89. The lowest BCUT2D eigenvalue weighted by molar-refractivity contribution is 0.723. The van der Waals surface area contributed by atoms with Crippen LogP contribution in [0.2, 0.25) is 0 Å². The molecule has 4 nitrogen and oxygen atoms in total. The molecule has 0 amide bonds. The van der Waals surface area contributed by atoms with Crippen LogP contribution in [0.5, 0.6) is 0 Å². The molecule has 2 aliphatic rings. The fourth-order valence-corrected chi connectivity index (χ4v) is 6.93. The average molecular weight is 615 g/mol. The molecule has 0 radical (unpaired) electrons. The molecule has 1 aliphatic heterocycles. The van der Waals surface area contributed by atoms with Gasteiger partial charge in [0.05, 0.1) is 11.4 Å². The highest BCUT2D eigenvalue weighted by molar-refractivity contribution is 6.07. The van der Waals surface area contributed by atoms with Crippen LogP contribution in [-0.4, -0.2) is 20.7 Å². The van der Waals surface area contributed by atoms with Crippen LogP contribution >= 0.6 is 0 Å². The molecule has 6 aromatic carbocycles. The maximum Gasteiger partial charge on any atom is 0.164 e. The van der Waals surface area contributed by atoms with Crippen LogP contribution in [0, 0.1) is 5.92 Å². The van der Waals surface area contributed by atoms with E-state index in [0.29, 0.717) is 23.4 Å². The molecular formula is C44H30N4. The number of hydrogen-bond donors (Lipinski definition) is 0. The van der Waals surface area contributed by atoms with Crippen molar-refractivity contribution in [2.24, 2.45) is 10.9 Å². The quantitative estimate of drug-likeness (QED) is 0.194. The third-order valence-corrected chi connectivity index (χ3v) is 9.32. The molecular weight excluding hydrogens is 585 g/mol. The van der Waals surface area contributed by atoms with Crippen molar-refractivity contribution < 1.29 is 0 Å². The normalized spacial score (nSPS) is 16.3. The predicted octanol–water partition coefficient (Wildman–Crippen LogP) is 10.7. The van der Waals surface area contributed by atoms with Crippen LogP contribution in [0.1, 0.15) is 17.0 Å². The summed E-state index contributed by atoms with van der Waals surface area (Å²) >= 11 is 0. The Balaban J connectivity index is 1.08. The van der Waals surface area contributed by atoms with Crippen molar-refractivity contribution in [1.82, 2.24) is 15.0 Å². The smallest absolute Gasteiger partial charge is 0.164 e. The minimum absolute atomic E-state index is 0.229. The fourth-order valence-electron chi connectivity index (χ4n) is 6.93. The van der Waals surface area contributed by atoms with Gasteiger partial charge in [-0.05, 0) is 45.2 Å². The van der Waals surface area contributed by atoms with Crippen LogP contribution in [-0.2, 0) is 0 Å². The van der Waals surface area contributed by atoms with Gasteiger partial charge in [-0.3, -0.25) is 4.99 Å². The van der Waals surface area contributed by atoms with Crippen molar-refractivity contribution in [3.05, 3.63) is 181 Å². The first-order valence-corrected chi connectivity index (χ1v) is 16.3. The first kappa shape index (κ1) is 28.0. The maximum absolute atomic E-state index is 5.16. The number of allylic oxidation sites excluding steroid dienone is 4. The fraction of sp³-hybridized carbons (Fsp3) is 0.0455. The van der Waals surface area contributed by atoms with Gasteiger partial charge in [0, 0.05) is 28.5 Å². The summed E-state index contributed by atoms with van der Waals surface area (Å²) < 4.78 is 0. The molecule has 0 saturated heterocycles. The van der Waals surface area contributed by atoms with Gasteiger partial charge in [-0.1, -0.05) is 158 Å². The maximum atomic E-state index is 5.16. The molecule has 0 saturated carbocycles. The molecule has 48 heavy (non-hydrogen) atoms. The highest BCUT2D eigenvalue weighted by atomic mass is 15.0. The van der Waals surface area contributed by atoms with Gasteiger partial charge in [0.1, 0.15) is 0 Å². The zero-order valence-corrected chi connectivity index (χ0v) is 26.1. The molecule has 1 aromatic heterocycles. The van der Waals surface area contributed by atoms with Crippen molar-refractivity contribution in [3.63, 3.8) is 0 Å². The molecule has 2 unspecified atom stereocenters. The Kier molecular flexibility index (Phi) is 6.90. The number of fused-ring (bicyclic) bond motifs is 4. The van der Waals surface area contributed by atoms with Crippen molar-refractivity contribution in [2.75, 3.05) is 0 Å². The topological polar surface area (TPSA) is 51.0 Å². The van der Waals surface area contributed by atoms with Gasteiger partial charge >= 0.3 is 0 Å². The molecule has 2 atom stereocenters. The van der Waals surface area contributed by atoms with E-state index in [0.717, 1.165) is 39.0 Å². The highest BCUT2D eigenvalue weighted by Crippen LogP contribution is 2.43. The number of benzene rings is 6. The van der Waals surface area contributed by atoms with E-state index in [1.807, 2.05) is 60.7 Å². The van der Waals surface area contributed by atoms with E-state index >= 15 is 0 Å². The van der Waals surface area contributed by atoms with Crippen molar-refractivity contribution in [2.45, 2.75) is 5.92 Å². The van der Waals surface area contributed by atoms with E-state index in [-0.39, 0.29) is 5.92 Å². The average Bonchev–Trinajstić information content (AvgIpc) is 3.18. The molecule has 226 valence electrons. The zero-order valence-electron chi connectivity index (χ0n) is 26.1. The Morgan fingerprint density at radius 1 is 0.417 bits per heavy atom. The summed E-state index contributed by atoms with van der Waals surface area (Å²) in [6, 6.07) is 50.5. The lowest BCUT2D eigenvalue weighted by Crippen LogP contribution is -2.25. The number of aromatic nitrogens is 3. The summed E-state index contributed by atoms with van der Waals surface area (Å²) in [4.78, 5) is 19.9. The van der Waals surface area contributed by atoms with Gasteiger partial charge in [-0.2, -0.15) is 0 Å². The Labute approximate surface area is 279 Å². The van der Waals surface area contributed by atoms with E-state index < -0.39 is 0 Å². The number of para-hydroxylation sites is 1. The molecule has 2 heterocycles. The summed E-state index contributed by atoms with van der Waals surface area (Å²) in [5.41, 5.74) is 9.86. The Morgan fingerprint density at radius 2 is 1.00 bits per heavy atom. The van der Waals surface area contributed by atoms with E-state index in [1.54, 1.807) is 0 Å². The zero-order chi connectivity index (χ0) is 31.9. The van der Waals surface area contributed by atoms with Crippen LogP contribution in [0.25, 0.3) is 56.1 Å².